The molecule has 20 heavy (non-hydrogen) atoms. The van der Waals surface area contributed by atoms with Gasteiger partial charge in [-0.3, -0.25) is 4.99 Å². The highest BCUT2D eigenvalue weighted by Gasteiger charge is 2.31. The molecule has 3 N–H and O–H groups in total. The fourth-order valence-corrected chi connectivity index (χ4v) is 2.72. The van der Waals surface area contributed by atoms with Gasteiger partial charge in [-0.1, -0.05) is 28.8 Å². The molecule has 1 aromatic rings. The van der Waals surface area contributed by atoms with Crippen LogP contribution >= 0.6 is 15.9 Å². The number of hydrazine groups is 1. The Morgan fingerprint density at radius 3 is 2.50 bits per heavy atom. The predicted octanol–water partition coefficient (Wildman–Crippen LogP) is 3.62. The largest absolute Gasteiger partial charge is 0.416 e. The van der Waals surface area contributed by atoms with Crippen LogP contribution in [-0.4, -0.2) is 11.9 Å². The molecule has 1 aliphatic carbocycles. The van der Waals surface area contributed by atoms with Crippen molar-refractivity contribution in [2.75, 3.05) is 0 Å². The lowest BCUT2D eigenvalue weighted by Gasteiger charge is -2.14. The molecule has 1 saturated carbocycles. The number of benzene rings is 1. The maximum atomic E-state index is 12.8. The molecule has 0 atom stereocenters. The number of hydrogen-bond donors (Lipinski definition) is 2. The van der Waals surface area contributed by atoms with Gasteiger partial charge in [0, 0.05) is 10.0 Å². The molecule has 0 amide bonds. The van der Waals surface area contributed by atoms with Gasteiger partial charge in [-0.15, -0.1) is 0 Å². The third-order valence-electron chi connectivity index (χ3n) is 3.32. The molecule has 0 unspecified atom stereocenters. The smallest absolute Gasteiger partial charge is 0.308 e. The second-order valence-electron chi connectivity index (χ2n) is 4.75. The van der Waals surface area contributed by atoms with E-state index in [1.807, 2.05) is 0 Å². The first kappa shape index (κ1) is 15.3. The van der Waals surface area contributed by atoms with Gasteiger partial charge in [0.05, 0.1) is 11.6 Å². The average Bonchev–Trinajstić information content (AvgIpc) is 2.88. The predicted molar refractivity (Wildman–Crippen MR) is 75.3 cm³/mol. The molecule has 0 aromatic heterocycles. The van der Waals surface area contributed by atoms with Crippen molar-refractivity contribution in [3.05, 3.63) is 33.8 Å². The molecule has 0 spiro atoms. The van der Waals surface area contributed by atoms with Crippen LogP contribution in [0.25, 0.3) is 0 Å². The molecule has 0 bridgehead atoms. The quantitative estimate of drug-likeness (QED) is 0.371. The number of alkyl halides is 3. The van der Waals surface area contributed by atoms with Crippen LogP contribution in [0.5, 0.6) is 0 Å². The summed E-state index contributed by atoms with van der Waals surface area (Å²) >= 11 is 3.24. The second-order valence-corrected chi connectivity index (χ2v) is 5.61. The van der Waals surface area contributed by atoms with Gasteiger partial charge >= 0.3 is 6.18 Å². The summed E-state index contributed by atoms with van der Waals surface area (Å²) in [6, 6.07) is 3.57. The molecule has 3 nitrogen and oxygen atoms in total. The minimum atomic E-state index is -4.39. The Morgan fingerprint density at radius 1 is 1.30 bits per heavy atom. The Kier molecular flexibility index (Phi) is 4.70. The van der Waals surface area contributed by atoms with Gasteiger partial charge in [0.2, 0.25) is 0 Å². The van der Waals surface area contributed by atoms with E-state index < -0.39 is 11.7 Å². The monoisotopic (exact) mass is 349 g/mol. The molecular formula is C13H15BrF3N3. The van der Waals surface area contributed by atoms with Gasteiger partial charge in [0.25, 0.3) is 0 Å². The summed E-state index contributed by atoms with van der Waals surface area (Å²) in [5, 5.41) is 0. The second kappa shape index (κ2) is 6.13. The number of rotatable bonds is 2. The molecule has 0 heterocycles. The van der Waals surface area contributed by atoms with Crippen molar-refractivity contribution >= 4 is 21.8 Å². The lowest BCUT2D eigenvalue weighted by Crippen LogP contribution is -2.32. The number of halogens is 4. The summed E-state index contributed by atoms with van der Waals surface area (Å²) < 4.78 is 38.8. The third-order valence-corrected chi connectivity index (χ3v) is 4.01. The molecule has 110 valence electrons. The van der Waals surface area contributed by atoms with Crippen molar-refractivity contribution in [2.24, 2.45) is 10.8 Å². The zero-order valence-electron chi connectivity index (χ0n) is 10.7. The van der Waals surface area contributed by atoms with Crippen LogP contribution in [0.1, 0.15) is 36.8 Å². The normalized spacial score (nSPS) is 17.6. The third kappa shape index (κ3) is 3.52. The van der Waals surface area contributed by atoms with Gasteiger partial charge in [-0.2, -0.15) is 13.2 Å². The standard InChI is InChI=1S/C13H15BrF3N3/c14-11-6-5-8(13(15,16)17)7-10(11)12(20-18)19-9-3-1-2-4-9/h5-7,9H,1-4,18H2,(H,19,20). The highest BCUT2D eigenvalue weighted by molar-refractivity contribution is 9.10. The van der Waals surface area contributed by atoms with E-state index in [4.69, 9.17) is 5.84 Å². The first-order valence-electron chi connectivity index (χ1n) is 6.33. The molecule has 1 aliphatic rings. The van der Waals surface area contributed by atoms with Crippen molar-refractivity contribution in [1.82, 2.24) is 5.43 Å². The van der Waals surface area contributed by atoms with Crippen LogP contribution in [0, 0.1) is 0 Å². The molecule has 1 fully saturated rings. The van der Waals surface area contributed by atoms with E-state index in [1.54, 1.807) is 0 Å². The summed E-state index contributed by atoms with van der Waals surface area (Å²) in [4.78, 5) is 4.43. The minimum absolute atomic E-state index is 0.127. The topological polar surface area (TPSA) is 50.4 Å². The zero-order valence-corrected chi connectivity index (χ0v) is 12.3. The van der Waals surface area contributed by atoms with E-state index >= 15 is 0 Å². The Morgan fingerprint density at radius 2 is 1.95 bits per heavy atom. The molecule has 0 radical (unpaired) electrons. The number of amidine groups is 1. The number of nitrogens with two attached hydrogens (primary N) is 1. The summed E-state index contributed by atoms with van der Waals surface area (Å²) in [6.07, 6.45) is -0.308. The maximum Gasteiger partial charge on any atom is 0.416 e. The van der Waals surface area contributed by atoms with E-state index in [2.05, 4.69) is 26.3 Å². The van der Waals surface area contributed by atoms with Crippen molar-refractivity contribution in [3.8, 4) is 0 Å². The van der Waals surface area contributed by atoms with Crippen LogP contribution < -0.4 is 11.3 Å². The van der Waals surface area contributed by atoms with Gasteiger partial charge in [-0.05, 0) is 31.0 Å². The van der Waals surface area contributed by atoms with E-state index in [9.17, 15) is 13.2 Å². The number of nitrogens with zero attached hydrogens (tertiary/aromatic N) is 1. The fourth-order valence-electron chi connectivity index (χ4n) is 2.28. The van der Waals surface area contributed by atoms with Crippen molar-refractivity contribution in [1.29, 1.82) is 0 Å². The van der Waals surface area contributed by atoms with E-state index in [1.165, 1.54) is 6.07 Å². The molecule has 2 rings (SSSR count). The van der Waals surface area contributed by atoms with Crippen LogP contribution in [0.2, 0.25) is 0 Å². The Balaban J connectivity index is 2.38. The van der Waals surface area contributed by atoms with Crippen molar-refractivity contribution in [2.45, 2.75) is 37.9 Å². The fraction of sp³-hybridized carbons (Fsp3) is 0.462. The SMILES string of the molecule is NNC(=NC1CCCC1)c1cc(C(F)(F)F)ccc1Br. The Hall–Kier alpha value is -1.08. The number of hydrogen-bond acceptors (Lipinski definition) is 2. The molecule has 1 aromatic carbocycles. The Bertz CT molecular complexity index is 508. The number of nitrogens with one attached hydrogen (secondary N) is 1. The van der Waals surface area contributed by atoms with Gasteiger partial charge in [-0.25, -0.2) is 5.84 Å². The first-order chi connectivity index (χ1) is 9.41. The van der Waals surface area contributed by atoms with Crippen LogP contribution in [0.3, 0.4) is 0 Å². The van der Waals surface area contributed by atoms with Crippen molar-refractivity contribution in [3.63, 3.8) is 0 Å². The van der Waals surface area contributed by atoms with Crippen LogP contribution in [0.4, 0.5) is 13.2 Å². The van der Waals surface area contributed by atoms with Crippen LogP contribution in [-0.2, 0) is 6.18 Å². The molecular weight excluding hydrogens is 335 g/mol. The summed E-state index contributed by atoms with van der Waals surface area (Å²) in [5.74, 6) is 5.71. The summed E-state index contributed by atoms with van der Waals surface area (Å²) in [5.41, 5.74) is 2.03. The van der Waals surface area contributed by atoms with Crippen LogP contribution in [0.15, 0.2) is 27.7 Å². The maximum absolute atomic E-state index is 12.8. The van der Waals surface area contributed by atoms with Gasteiger partial charge in [0.15, 0.2) is 0 Å². The Labute approximate surface area is 123 Å². The number of aliphatic imine (C=N–C) groups is 1. The lowest BCUT2D eigenvalue weighted by atomic mass is 10.1. The molecule has 7 heteroatoms. The highest BCUT2D eigenvalue weighted by Crippen LogP contribution is 2.32. The average molecular weight is 350 g/mol. The van der Waals surface area contributed by atoms with Gasteiger partial charge in [0.1, 0.15) is 5.84 Å². The highest BCUT2D eigenvalue weighted by atomic mass is 79.9. The zero-order chi connectivity index (χ0) is 14.8. The van der Waals surface area contributed by atoms with E-state index in [0.717, 1.165) is 37.8 Å². The van der Waals surface area contributed by atoms with Gasteiger partial charge < -0.3 is 5.43 Å². The molecule has 0 saturated heterocycles. The van der Waals surface area contributed by atoms with Crippen molar-refractivity contribution < 1.29 is 13.2 Å². The summed E-state index contributed by atoms with van der Waals surface area (Å²) in [6.45, 7) is 0. The van der Waals surface area contributed by atoms with E-state index in [0.29, 0.717) is 10.0 Å². The first-order valence-corrected chi connectivity index (χ1v) is 7.12. The minimum Gasteiger partial charge on any atom is -0.308 e. The van der Waals surface area contributed by atoms with E-state index in [-0.39, 0.29) is 11.9 Å². The molecule has 0 aliphatic heterocycles. The summed E-state index contributed by atoms with van der Waals surface area (Å²) in [7, 11) is 0. The lowest BCUT2D eigenvalue weighted by molar-refractivity contribution is -0.137.